The number of amides is 1. The van der Waals surface area contributed by atoms with Gasteiger partial charge < -0.3 is 14.8 Å². The van der Waals surface area contributed by atoms with Crippen molar-refractivity contribution in [3.63, 3.8) is 0 Å². The van der Waals surface area contributed by atoms with Crippen LogP contribution in [0.2, 0.25) is 0 Å². The van der Waals surface area contributed by atoms with Crippen molar-refractivity contribution in [2.45, 2.75) is 129 Å². The minimum Gasteiger partial charge on any atom is -0.461 e. The van der Waals surface area contributed by atoms with Gasteiger partial charge in [0.05, 0.1) is 5.92 Å². The zero-order valence-corrected chi connectivity index (χ0v) is 22.5. The fraction of sp³-hybridized carbons (Fsp3) is 0.759. The van der Waals surface area contributed by atoms with E-state index in [0.717, 1.165) is 38.5 Å². The van der Waals surface area contributed by atoms with Gasteiger partial charge in [-0.15, -0.1) is 0 Å². The molecule has 2 unspecified atom stereocenters. The number of ether oxygens (including phenoxy) is 2. The van der Waals surface area contributed by atoms with E-state index >= 15 is 0 Å². The van der Waals surface area contributed by atoms with Gasteiger partial charge in [-0.2, -0.15) is 0 Å². The van der Waals surface area contributed by atoms with Crippen LogP contribution in [0.1, 0.15) is 111 Å². The molecule has 1 fully saturated rings. The lowest BCUT2D eigenvalue weighted by atomic mass is 9.87. The summed E-state index contributed by atoms with van der Waals surface area (Å²) in [5.41, 5.74) is 0. The van der Waals surface area contributed by atoms with Gasteiger partial charge in [0.1, 0.15) is 18.2 Å². The van der Waals surface area contributed by atoms with Crippen molar-refractivity contribution in [3.8, 4) is 0 Å². The van der Waals surface area contributed by atoms with Crippen molar-refractivity contribution < 1.29 is 23.9 Å². The smallest absolute Gasteiger partial charge is 0.328 e. The third-order valence-electron chi connectivity index (χ3n) is 6.41. The molecule has 1 rings (SSSR count). The topological polar surface area (TPSA) is 81.7 Å². The molecule has 0 bridgehead atoms. The van der Waals surface area contributed by atoms with Crippen LogP contribution >= 0.6 is 0 Å². The number of hydrogen-bond donors (Lipinski definition) is 1. The average Bonchev–Trinajstić information content (AvgIpc) is 2.81. The molecule has 1 saturated heterocycles. The molecular weight excluding hydrogens is 442 g/mol. The maximum Gasteiger partial charge on any atom is 0.328 e. The van der Waals surface area contributed by atoms with E-state index in [1.165, 1.54) is 25.7 Å². The Kier molecular flexibility index (Phi) is 16.9. The van der Waals surface area contributed by atoms with Gasteiger partial charge in [-0.1, -0.05) is 90.5 Å². The first-order valence-corrected chi connectivity index (χ1v) is 13.8. The highest BCUT2D eigenvalue weighted by Crippen LogP contribution is 2.32. The summed E-state index contributed by atoms with van der Waals surface area (Å²) in [7, 11) is 0. The van der Waals surface area contributed by atoms with E-state index in [-0.39, 0.29) is 23.9 Å². The van der Waals surface area contributed by atoms with E-state index in [9.17, 15) is 14.4 Å². The molecule has 0 spiro atoms. The van der Waals surface area contributed by atoms with E-state index in [2.05, 4.69) is 37.4 Å². The molecule has 6 heteroatoms. The zero-order valence-electron chi connectivity index (χ0n) is 22.5. The van der Waals surface area contributed by atoms with Gasteiger partial charge in [0.15, 0.2) is 0 Å². The molecule has 0 aromatic heterocycles. The Morgan fingerprint density at radius 3 is 2.40 bits per heavy atom. The zero-order chi connectivity index (χ0) is 25.9. The van der Waals surface area contributed by atoms with Crippen molar-refractivity contribution in [1.29, 1.82) is 0 Å². The molecule has 6 nitrogen and oxygen atoms in total. The summed E-state index contributed by atoms with van der Waals surface area (Å²) in [5.74, 6) is -0.434. The predicted molar refractivity (Wildman–Crippen MR) is 141 cm³/mol. The number of hydrogen-bond acceptors (Lipinski definition) is 5. The van der Waals surface area contributed by atoms with Gasteiger partial charge in [0.25, 0.3) is 0 Å². The SMILES string of the molecule is CCCCC/C=C/C/C=C/C[C@@H](CC1OC(=O)C1CCCCCC)OC(=O)[C@H](CC(C)C)NC=O. The Labute approximate surface area is 213 Å². The first-order valence-electron chi connectivity index (χ1n) is 13.8. The lowest BCUT2D eigenvalue weighted by molar-refractivity contribution is -0.190. The summed E-state index contributed by atoms with van der Waals surface area (Å²) in [4.78, 5) is 35.9. The van der Waals surface area contributed by atoms with Gasteiger partial charge >= 0.3 is 11.9 Å². The number of esters is 2. The van der Waals surface area contributed by atoms with Gasteiger partial charge in [-0.3, -0.25) is 9.59 Å². The number of allylic oxidation sites excluding steroid dienone is 3. The standard InChI is InChI=1S/C29H49NO5/c1-5-7-9-11-12-13-14-15-16-18-24(34-29(33)26(30-22-31)20-23(3)4)21-27-25(28(32)35-27)19-17-10-8-6-2/h12-13,15-16,22-27H,5-11,14,17-21H2,1-4H3,(H,30,31)/b13-12+,16-15+/t24-,25?,26-,27?/m0/s1. The molecule has 0 saturated carbocycles. The maximum atomic E-state index is 12.8. The number of unbranched alkanes of at least 4 members (excludes halogenated alkanes) is 6. The second-order valence-electron chi connectivity index (χ2n) is 10.1. The summed E-state index contributed by atoms with van der Waals surface area (Å²) in [6, 6.07) is -0.668. The highest BCUT2D eigenvalue weighted by molar-refractivity contribution is 5.79. The van der Waals surface area contributed by atoms with Crippen molar-refractivity contribution in [2.75, 3.05) is 0 Å². The van der Waals surface area contributed by atoms with Crippen LogP contribution in [0.4, 0.5) is 0 Å². The first-order chi connectivity index (χ1) is 16.9. The Balaban J connectivity index is 2.70. The van der Waals surface area contributed by atoms with Crippen LogP contribution in [-0.4, -0.2) is 36.6 Å². The molecule has 35 heavy (non-hydrogen) atoms. The molecule has 0 aromatic rings. The fourth-order valence-corrected chi connectivity index (χ4v) is 4.34. The Morgan fingerprint density at radius 1 is 1.03 bits per heavy atom. The van der Waals surface area contributed by atoms with Crippen molar-refractivity contribution in [3.05, 3.63) is 24.3 Å². The summed E-state index contributed by atoms with van der Waals surface area (Å²) < 4.78 is 11.3. The van der Waals surface area contributed by atoms with E-state index in [0.29, 0.717) is 25.7 Å². The molecule has 0 radical (unpaired) electrons. The fourth-order valence-electron chi connectivity index (χ4n) is 4.34. The number of cyclic esters (lactones) is 1. The Morgan fingerprint density at radius 2 is 1.74 bits per heavy atom. The number of carbonyl (C=O) groups is 3. The number of carbonyl (C=O) groups excluding carboxylic acids is 3. The average molecular weight is 492 g/mol. The first kappa shape index (κ1) is 30.9. The monoisotopic (exact) mass is 491 g/mol. The summed E-state index contributed by atoms with van der Waals surface area (Å²) in [6.45, 7) is 8.37. The molecule has 200 valence electrons. The summed E-state index contributed by atoms with van der Waals surface area (Å²) >= 11 is 0. The molecule has 1 amide bonds. The molecule has 1 aliphatic rings. The van der Waals surface area contributed by atoms with Crippen LogP contribution in [0.5, 0.6) is 0 Å². The van der Waals surface area contributed by atoms with Gasteiger partial charge in [0.2, 0.25) is 6.41 Å². The van der Waals surface area contributed by atoms with Crippen molar-refractivity contribution in [2.24, 2.45) is 11.8 Å². The highest BCUT2D eigenvalue weighted by Gasteiger charge is 2.43. The van der Waals surface area contributed by atoms with E-state index in [4.69, 9.17) is 9.47 Å². The second kappa shape index (κ2) is 19.1. The maximum absolute atomic E-state index is 12.8. The Hall–Kier alpha value is -2.11. The van der Waals surface area contributed by atoms with E-state index in [1.54, 1.807) is 0 Å². The third-order valence-corrected chi connectivity index (χ3v) is 6.41. The third kappa shape index (κ3) is 13.5. The van der Waals surface area contributed by atoms with Crippen LogP contribution in [-0.2, 0) is 23.9 Å². The number of rotatable bonds is 21. The lowest BCUT2D eigenvalue weighted by Gasteiger charge is -2.37. The molecule has 1 heterocycles. The van der Waals surface area contributed by atoms with Crippen molar-refractivity contribution >= 4 is 18.3 Å². The minimum absolute atomic E-state index is 0.109. The summed E-state index contributed by atoms with van der Waals surface area (Å²) in [6.07, 6.45) is 21.0. The van der Waals surface area contributed by atoms with E-state index < -0.39 is 18.1 Å². The number of nitrogens with one attached hydrogen (secondary N) is 1. The van der Waals surface area contributed by atoms with Crippen LogP contribution in [0.25, 0.3) is 0 Å². The summed E-state index contributed by atoms with van der Waals surface area (Å²) in [5, 5.41) is 2.59. The van der Waals surface area contributed by atoms with Crippen molar-refractivity contribution in [1.82, 2.24) is 5.32 Å². The molecule has 0 aliphatic carbocycles. The Bertz CT molecular complexity index is 657. The van der Waals surface area contributed by atoms with Crippen LogP contribution in [0, 0.1) is 11.8 Å². The molecule has 0 aromatic carbocycles. The molecule has 1 aliphatic heterocycles. The largest absolute Gasteiger partial charge is 0.461 e. The lowest BCUT2D eigenvalue weighted by Crippen LogP contribution is -2.48. The molecule has 1 N–H and O–H groups in total. The quantitative estimate of drug-likeness (QED) is 0.0865. The second-order valence-corrected chi connectivity index (χ2v) is 10.1. The van der Waals surface area contributed by atoms with Gasteiger partial charge in [-0.05, 0) is 38.0 Å². The van der Waals surface area contributed by atoms with E-state index in [1.807, 2.05) is 19.9 Å². The minimum atomic E-state index is -0.668. The molecule has 4 atom stereocenters. The van der Waals surface area contributed by atoms with Gasteiger partial charge in [0, 0.05) is 12.8 Å². The van der Waals surface area contributed by atoms with Crippen LogP contribution in [0.3, 0.4) is 0 Å². The highest BCUT2D eigenvalue weighted by atomic mass is 16.6. The van der Waals surface area contributed by atoms with Gasteiger partial charge in [-0.25, -0.2) is 4.79 Å². The predicted octanol–water partition coefficient (Wildman–Crippen LogP) is 6.43. The molecular formula is C29H49NO5. The van der Waals surface area contributed by atoms with Crippen LogP contribution in [0.15, 0.2) is 24.3 Å². The van der Waals surface area contributed by atoms with Crippen LogP contribution < -0.4 is 5.32 Å². The normalized spacial score (nSPS) is 19.5.